The fourth-order valence-corrected chi connectivity index (χ4v) is 2.20. The Morgan fingerprint density at radius 2 is 2.33 bits per heavy atom. The van der Waals surface area contributed by atoms with Gasteiger partial charge < -0.3 is 14.7 Å². The molecule has 1 aliphatic rings. The molecule has 0 spiro atoms. The first-order chi connectivity index (χ1) is 8.52. The summed E-state index contributed by atoms with van der Waals surface area (Å²) >= 11 is 0. The van der Waals surface area contributed by atoms with Gasteiger partial charge in [0.25, 0.3) is 5.69 Å². The smallest absolute Gasteiger partial charge is 0.272 e. The van der Waals surface area contributed by atoms with Crippen LogP contribution in [-0.2, 0) is 4.74 Å². The van der Waals surface area contributed by atoms with Crippen molar-refractivity contribution in [2.24, 2.45) is 0 Å². The SMILES string of the molecule is Cc1cc(N2C[C@@H](CO)O[C@@H]2C)ccc1[N+](=O)[O-]. The Morgan fingerprint density at radius 3 is 2.83 bits per heavy atom. The van der Waals surface area contributed by atoms with Crippen molar-refractivity contribution in [1.82, 2.24) is 0 Å². The van der Waals surface area contributed by atoms with Crippen LogP contribution < -0.4 is 4.90 Å². The third-order valence-electron chi connectivity index (χ3n) is 3.14. The second kappa shape index (κ2) is 4.91. The predicted octanol–water partition coefficient (Wildman–Crippen LogP) is 1.45. The van der Waals surface area contributed by atoms with E-state index < -0.39 is 0 Å². The van der Waals surface area contributed by atoms with Crippen LogP contribution in [0, 0.1) is 17.0 Å². The van der Waals surface area contributed by atoms with Gasteiger partial charge in [0.1, 0.15) is 12.3 Å². The molecule has 6 heteroatoms. The number of aliphatic hydroxyl groups excluding tert-OH is 1. The van der Waals surface area contributed by atoms with E-state index in [2.05, 4.69) is 0 Å². The molecular weight excluding hydrogens is 236 g/mol. The van der Waals surface area contributed by atoms with Crippen LogP contribution in [0.4, 0.5) is 11.4 Å². The molecule has 0 amide bonds. The lowest BCUT2D eigenvalue weighted by molar-refractivity contribution is -0.385. The van der Waals surface area contributed by atoms with Gasteiger partial charge in [-0.2, -0.15) is 0 Å². The quantitative estimate of drug-likeness (QED) is 0.650. The van der Waals surface area contributed by atoms with E-state index in [1.54, 1.807) is 19.1 Å². The molecule has 1 aromatic carbocycles. The average molecular weight is 252 g/mol. The maximum atomic E-state index is 10.8. The first kappa shape index (κ1) is 12.8. The monoisotopic (exact) mass is 252 g/mol. The fourth-order valence-electron chi connectivity index (χ4n) is 2.20. The van der Waals surface area contributed by atoms with E-state index in [4.69, 9.17) is 9.84 Å². The Bertz CT molecular complexity index is 463. The molecule has 0 aliphatic carbocycles. The fraction of sp³-hybridized carbons (Fsp3) is 0.500. The number of hydrogen-bond acceptors (Lipinski definition) is 5. The molecule has 1 N–H and O–H groups in total. The first-order valence-electron chi connectivity index (χ1n) is 5.81. The molecular formula is C12H16N2O4. The van der Waals surface area contributed by atoms with E-state index in [1.807, 2.05) is 11.8 Å². The molecule has 6 nitrogen and oxygen atoms in total. The zero-order chi connectivity index (χ0) is 13.3. The van der Waals surface area contributed by atoms with Crippen LogP contribution in [0.2, 0.25) is 0 Å². The van der Waals surface area contributed by atoms with Crippen molar-refractivity contribution in [3.63, 3.8) is 0 Å². The van der Waals surface area contributed by atoms with E-state index >= 15 is 0 Å². The van der Waals surface area contributed by atoms with Gasteiger partial charge in [-0.3, -0.25) is 10.1 Å². The van der Waals surface area contributed by atoms with Crippen LogP contribution >= 0.6 is 0 Å². The van der Waals surface area contributed by atoms with Gasteiger partial charge in [-0.25, -0.2) is 0 Å². The summed E-state index contributed by atoms with van der Waals surface area (Å²) in [7, 11) is 0. The van der Waals surface area contributed by atoms with Crippen molar-refractivity contribution < 1.29 is 14.8 Å². The van der Waals surface area contributed by atoms with E-state index in [-0.39, 0.29) is 29.5 Å². The molecule has 98 valence electrons. The van der Waals surface area contributed by atoms with Gasteiger partial charge in [0.05, 0.1) is 11.5 Å². The molecule has 18 heavy (non-hydrogen) atoms. The highest BCUT2D eigenvalue weighted by atomic mass is 16.6. The van der Waals surface area contributed by atoms with Crippen LogP contribution in [0.25, 0.3) is 0 Å². The zero-order valence-corrected chi connectivity index (χ0v) is 10.4. The first-order valence-corrected chi connectivity index (χ1v) is 5.81. The third kappa shape index (κ3) is 2.30. The van der Waals surface area contributed by atoms with Crippen LogP contribution in [0.5, 0.6) is 0 Å². The van der Waals surface area contributed by atoms with Crippen molar-refractivity contribution in [3.05, 3.63) is 33.9 Å². The van der Waals surface area contributed by atoms with E-state index in [9.17, 15) is 10.1 Å². The van der Waals surface area contributed by atoms with Crippen LogP contribution in [0.1, 0.15) is 12.5 Å². The van der Waals surface area contributed by atoms with Crippen molar-refractivity contribution in [2.75, 3.05) is 18.1 Å². The number of hydrogen-bond donors (Lipinski definition) is 1. The summed E-state index contributed by atoms with van der Waals surface area (Å²) in [5.41, 5.74) is 1.61. The summed E-state index contributed by atoms with van der Waals surface area (Å²) in [6.45, 7) is 4.18. The molecule has 1 saturated heterocycles. The summed E-state index contributed by atoms with van der Waals surface area (Å²) < 4.78 is 5.54. The molecule has 0 aromatic heterocycles. The minimum Gasteiger partial charge on any atom is -0.394 e. The highest BCUT2D eigenvalue weighted by molar-refractivity contribution is 5.56. The van der Waals surface area contributed by atoms with E-state index in [0.29, 0.717) is 12.1 Å². The van der Waals surface area contributed by atoms with Crippen molar-refractivity contribution in [1.29, 1.82) is 0 Å². The second-order valence-electron chi connectivity index (χ2n) is 4.42. The lowest BCUT2D eigenvalue weighted by Gasteiger charge is -2.22. The third-order valence-corrected chi connectivity index (χ3v) is 3.14. The van der Waals surface area contributed by atoms with E-state index in [1.165, 1.54) is 6.07 Å². The van der Waals surface area contributed by atoms with Crippen molar-refractivity contribution in [2.45, 2.75) is 26.2 Å². The minimum atomic E-state index is -0.389. The van der Waals surface area contributed by atoms with Gasteiger partial charge in [-0.1, -0.05) is 0 Å². The zero-order valence-electron chi connectivity index (χ0n) is 10.4. The van der Waals surface area contributed by atoms with Crippen LogP contribution in [-0.4, -0.2) is 35.5 Å². The van der Waals surface area contributed by atoms with Crippen molar-refractivity contribution in [3.8, 4) is 0 Å². The summed E-state index contributed by atoms with van der Waals surface area (Å²) in [5, 5.41) is 19.8. The Kier molecular flexibility index (Phi) is 3.49. The lowest BCUT2D eigenvalue weighted by atomic mass is 10.1. The summed E-state index contributed by atoms with van der Waals surface area (Å²) in [5.74, 6) is 0. The molecule has 0 bridgehead atoms. The standard InChI is InChI=1S/C12H16N2O4/c1-8-5-10(3-4-12(8)14(16)17)13-6-11(7-15)18-9(13)2/h3-5,9,11,15H,6-7H2,1-2H3/t9-,11+/m1/s1. The minimum absolute atomic E-state index is 0.0210. The number of nitro benzene ring substituents is 1. The maximum absolute atomic E-state index is 10.8. The highest BCUT2D eigenvalue weighted by Crippen LogP contribution is 2.28. The number of nitro groups is 1. The van der Waals surface area contributed by atoms with Gasteiger partial charge in [-0.05, 0) is 26.0 Å². The molecule has 2 rings (SSSR count). The molecule has 0 saturated carbocycles. The molecule has 1 aromatic rings. The van der Waals surface area contributed by atoms with Crippen molar-refractivity contribution >= 4 is 11.4 Å². The molecule has 1 aliphatic heterocycles. The maximum Gasteiger partial charge on any atom is 0.272 e. The number of ether oxygens (including phenoxy) is 1. The van der Waals surface area contributed by atoms with Gasteiger partial charge in [0.15, 0.2) is 0 Å². The molecule has 0 unspecified atom stereocenters. The largest absolute Gasteiger partial charge is 0.394 e. The molecule has 2 atom stereocenters. The Balaban J connectivity index is 2.24. The van der Waals surface area contributed by atoms with E-state index in [0.717, 1.165) is 5.69 Å². The van der Waals surface area contributed by atoms with Crippen LogP contribution in [0.3, 0.4) is 0 Å². The second-order valence-corrected chi connectivity index (χ2v) is 4.42. The molecule has 0 radical (unpaired) electrons. The van der Waals surface area contributed by atoms with Gasteiger partial charge in [0.2, 0.25) is 0 Å². The summed E-state index contributed by atoms with van der Waals surface area (Å²) in [4.78, 5) is 12.3. The van der Waals surface area contributed by atoms with Gasteiger partial charge in [-0.15, -0.1) is 0 Å². The number of anilines is 1. The number of benzene rings is 1. The highest BCUT2D eigenvalue weighted by Gasteiger charge is 2.29. The number of rotatable bonds is 3. The molecule has 1 fully saturated rings. The summed E-state index contributed by atoms with van der Waals surface area (Å²) in [6, 6.07) is 4.99. The Labute approximate surface area is 105 Å². The normalized spacial score (nSPS) is 23.4. The van der Waals surface area contributed by atoms with Gasteiger partial charge >= 0.3 is 0 Å². The number of nitrogens with zero attached hydrogens (tertiary/aromatic N) is 2. The Hall–Kier alpha value is -1.66. The lowest BCUT2D eigenvalue weighted by Crippen LogP contribution is -2.28. The number of aryl methyl sites for hydroxylation is 1. The predicted molar refractivity (Wildman–Crippen MR) is 66.6 cm³/mol. The summed E-state index contributed by atoms with van der Waals surface area (Å²) in [6.07, 6.45) is -0.335. The molecule has 1 heterocycles. The van der Waals surface area contributed by atoms with Gasteiger partial charge in [0, 0.05) is 23.9 Å². The average Bonchev–Trinajstić information content (AvgIpc) is 2.70. The number of aliphatic hydroxyl groups is 1. The topological polar surface area (TPSA) is 75.8 Å². The van der Waals surface area contributed by atoms with Crippen LogP contribution in [0.15, 0.2) is 18.2 Å². The Morgan fingerprint density at radius 1 is 1.61 bits per heavy atom.